The minimum atomic E-state index is 0.0313. The number of methoxy groups -OCH3 is 2. The molecule has 2 atom stereocenters. The molecular weight excluding hydrogens is 370 g/mol. The van der Waals surface area contributed by atoms with E-state index in [1.54, 1.807) is 32.4 Å². The lowest BCUT2D eigenvalue weighted by molar-refractivity contribution is -0.140. The Morgan fingerprint density at radius 2 is 1.96 bits per heavy atom. The van der Waals surface area contributed by atoms with Gasteiger partial charge in [0.05, 0.1) is 37.7 Å². The summed E-state index contributed by atoms with van der Waals surface area (Å²) in [5, 5.41) is 8.42. The van der Waals surface area contributed by atoms with Gasteiger partial charge in [-0.05, 0) is 26.0 Å². The van der Waals surface area contributed by atoms with Crippen LogP contribution >= 0.6 is 11.8 Å². The van der Waals surface area contributed by atoms with Crippen LogP contribution in [-0.2, 0) is 9.53 Å². The van der Waals surface area contributed by atoms with Crippen LogP contribution in [0.2, 0.25) is 0 Å². The molecule has 1 aliphatic heterocycles. The van der Waals surface area contributed by atoms with E-state index in [4.69, 9.17) is 18.6 Å². The van der Waals surface area contributed by atoms with Gasteiger partial charge in [0.25, 0.3) is 11.1 Å². The summed E-state index contributed by atoms with van der Waals surface area (Å²) in [4.78, 5) is 14.3. The molecule has 0 saturated carbocycles. The van der Waals surface area contributed by atoms with Gasteiger partial charge in [-0.2, -0.15) is 0 Å². The van der Waals surface area contributed by atoms with Crippen LogP contribution in [0.1, 0.15) is 13.8 Å². The fourth-order valence-electron chi connectivity index (χ4n) is 2.95. The first-order chi connectivity index (χ1) is 13.0. The highest BCUT2D eigenvalue weighted by Crippen LogP contribution is 2.33. The molecule has 0 spiro atoms. The fourth-order valence-corrected chi connectivity index (χ4v) is 3.61. The average Bonchev–Trinajstić information content (AvgIpc) is 3.13. The molecule has 1 amide bonds. The van der Waals surface area contributed by atoms with Crippen LogP contribution in [0.25, 0.3) is 11.5 Å². The quantitative estimate of drug-likeness (QED) is 0.692. The molecule has 27 heavy (non-hydrogen) atoms. The van der Waals surface area contributed by atoms with Crippen molar-refractivity contribution in [3.63, 3.8) is 0 Å². The molecule has 1 saturated heterocycles. The third kappa shape index (κ3) is 4.72. The van der Waals surface area contributed by atoms with E-state index in [2.05, 4.69) is 10.2 Å². The van der Waals surface area contributed by atoms with Crippen LogP contribution in [0.3, 0.4) is 0 Å². The predicted molar refractivity (Wildman–Crippen MR) is 100 cm³/mol. The third-order valence-corrected chi connectivity index (χ3v) is 4.94. The van der Waals surface area contributed by atoms with Gasteiger partial charge >= 0.3 is 0 Å². The van der Waals surface area contributed by atoms with Crippen LogP contribution in [0.5, 0.6) is 11.5 Å². The normalized spacial score (nSPS) is 19.8. The van der Waals surface area contributed by atoms with Crippen molar-refractivity contribution in [2.24, 2.45) is 0 Å². The predicted octanol–water partition coefficient (Wildman–Crippen LogP) is 2.48. The van der Waals surface area contributed by atoms with E-state index in [1.807, 2.05) is 18.7 Å². The Kier molecular flexibility index (Phi) is 6.22. The van der Waals surface area contributed by atoms with Gasteiger partial charge in [-0.25, -0.2) is 0 Å². The number of carbonyl (C=O) groups is 1. The maximum atomic E-state index is 12.4. The van der Waals surface area contributed by atoms with Crippen molar-refractivity contribution in [2.75, 3.05) is 33.1 Å². The number of ether oxygens (including phenoxy) is 3. The van der Waals surface area contributed by atoms with Gasteiger partial charge in [0, 0.05) is 19.2 Å². The zero-order chi connectivity index (χ0) is 19.4. The fraction of sp³-hybridized carbons (Fsp3) is 0.500. The van der Waals surface area contributed by atoms with E-state index in [0.29, 0.717) is 41.3 Å². The lowest BCUT2D eigenvalue weighted by Gasteiger charge is -2.35. The topological polar surface area (TPSA) is 86.9 Å². The molecule has 0 radical (unpaired) electrons. The van der Waals surface area contributed by atoms with E-state index < -0.39 is 0 Å². The SMILES string of the molecule is COc1ccc(-c2nnc(SCC(=O)N3C[C@@H](C)O[C@@H](C)C3)o2)c(OC)c1. The number of amides is 1. The van der Waals surface area contributed by atoms with Gasteiger partial charge < -0.3 is 23.5 Å². The molecule has 3 rings (SSSR count). The Labute approximate surface area is 162 Å². The number of hydrogen-bond acceptors (Lipinski definition) is 8. The molecule has 0 aliphatic carbocycles. The Bertz CT molecular complexity index is 787. The minimum absolute atomic E-state index is 0.0313. The van der Waals surface area contributed by atoms with Gasteiger partial charge in [0.1, 0.15) is 11.5 Å². The molecule has 1 fully saturated rings. The highest BCUT2D eigenvalue weighted by atomic mass is 32.2. The summed E-state index contributed by atoms with van der Waals surface area (Å²) < 4.78 is 21.9. The molecule has 2 aromatic rings. The smallest absolute Gasteiger partial charge is 0.277 e. The molecule has 2 heterocycles. The van der Waals surface area contributed by atoms with E-state index in [1.165, 1.54) is 11.8 Å². The molecule has 146 valence electrons. The Morgan fingerprint density at radius 1 is 1.22 bits per heavy atom. The zero-order valence-electron chi connectivity index (χ0n) is 15.8. The van der Waals surface area contributed by atoms with E-state index in [-0.39, 0.29) is 23.9 Å². The summed E-state index contributed by atoms with van der Waals surface area (Å²) in [7, 11) is 3.15. The first-order valence-electron chi connectivity index (χ1n) is 8.62. The number of aromatic nitrogens is 2. The number of benzene rings is 1. The maximum Gasteiger partial charge on any atom is 0.277 e. The van der Waals surface area contributed by atoms with E-state index in [0.717, 1.165) is 0 Å². The number of rotatable bonds is 6. The summed E-state index contributed by atoms with van der Waals surface area (Å²) in [6.45, 7) is 5.13. The number of hydrogen-bond donors (Lipinski definition) is 0. The van der Waals surface area contributed by atoms with Crippen LogP contribution in [0.4, 0.5) is 0 Å². The summed E-state index contributed by atoms with van der Waals surface area (Å²) in [6.07, 6.45) is 0.0838. The molecule has 0 unspecified atom stereocenters. The highest BCUT2D eigenvalue weighted by Gasteiger charge is 2.26. The molecule has 1 aliphatic rings. The lowest BCUT2D eigenvalue weighted by atomic mass is 10.2. The molecule has 8 nitrogen and oxygen atoms in total. The summed E-state index contributed by atoms with van der Waals surface area (Å²) >= 11 is 1.22. The minimum Gasteiger partial charge on any atom is -0.497 e. The van der Waals surface area contributed by atoms with Crippen molar-refractivity contribution in [3.05, 3.63) is 18.2 Å². The van der Waals surface area contributed by atoms with Crippen molar-refractivity contribution in [1.82, 2.24) is 15.1 Å². The summed E-state index contributed by atoms with van der Waals surface area (Å²) in [5.74, 6) is 1.84. The second kappa shape index (κ2) is 8.62. The average molecular weight is 393 g/mol. The zero-order valence-corrected chi connectivity index (χ0v) is 16.6. The van der Waals surface area contributed by atoms with Gasteiger partial charge in [-0.15, -0.1) is 10.2 Å². The third-order valence-electron chi connectivity index (χ3n) is 4.14. The summed E-state index contributed by atoms with van der Waals surface area (Å²) in [5.41, 5.74) is 0.666. The second-order valence-electron chi connectivity index (χ2n) is 6.28. The lowest BCUT2D eigenvalue weighted by Crippen LogP contribution is -2.48. The first-order valence-corrected chi connectivity index (χ1v) is 9.60. The number of nitrogens with zero attached hydrogens (tertiary/aromatic N) is 3. The van der Waals surface area contributed by atoms with Crippen LogP contribution < -0.4 is 9.47 Å². The molecule has 0 N–H and O–H groups in total. The van der Waals surface area contributed by atoms with Crippen LogP contribution in [0.15, 0.2) is 27.8 Å². The van der Waals surface area contributed by atoms with Gasteiger partial charge in [0.2, 0.25) is 5.91 Å². The maximum absolute atomic E-state index is 12.4. The number of morpholine rings is 1. The van der Waals surface area contributed by atoms with Crippen LogP contribution in [-0.4, -0.2) is 66.3 Å². The van der Waals surface area contributed by atoms with Crippen LogP contribution in [0, 0.1) is 0 Å². The highest BCUT2D eigenvalue weighted by molar-refractivity contribution is 7.99. The van der Waals surface area contributed by atoms with Gasteiger partial charge in [-0.1, -0.05) is 11.8 Å². The molecule has 0 bridgehead atoms. The van der Waals surface area contributed by atoms with Gasteiger partial charge in [0.15, 0.2) is 0 Å². The number of thioether (sulfide) groups is 1. The Hall–Kier alpha value is -2.26. The van der Waals surface area contributed by atoms with E-state index in [9.17, 15) is 4.79 Å². The molecule has 9 heteroatoms. The van der Waals surface area contributed by atoms with Crippen molar-refractivity contribution >= 4 is 17.7 Å². The van der Waals surface area contributed by atoms with Gasteiger partial charge in [-0.3, -0.25) is 4.79 Å². The largest absolute Gasteiger partial charge is 0.497 e. The van der Waals surface area contributed by atoms with Crippen molar-refractivity contribution in [1.29, 1.82) is 0 Å². The van der Waals surface area contributed by atoms with Crippen molar-refractivity contribution < 1.29 is 23.4 Å². The molecular formula is C18H23N3O5S. The number of carbonyl (C=O) groups excluding carboxylic acids is 1. The summed E-state index contributed by atoms with van der Waals surface area (Å²) in [6, 6.07) is 5.33. The second-order valence-corrected chi connectivity index (χ2v) is 7.21. The van der Waals surface area contributed by atoms with E-state index >= 15 is 0 Å². The van der Waals surface area contributed by atoms with Crippen molar-refractivity contribution in [2.45, 2.75) is 31.3 Å². The molecule has 1 aromatic carbocycles. The molecule has 1 aromatic heterocycles. The Morgan fingerprint density at radius 3 is 2.63 bits per heavy atom. The Balaban J connectivity index is 1.64. The monoisotopic (exact) mass is 393 g/mol. The standard InChI is InChI=1S/C18H23N3O5S/c1-11-8-21(9-12(2)25-11)16(22)10-27-18-20-19-17(26-18)14-6-5-13(23-3)7-15(14)24-4/h5-7,11-12H,8-10H2,1-4H3/t11-,12+. The van der Waals surface area contributed by atoms with Crippen molar-refractivity contribution in [3.8, 4) is 23.0 Å². The first kappa shape index (κ1) is 19.5.